The first-order chi connectivity index (χ1) is 12.3. The maximum absolute atomic E-state index is 13.5. The molecule has 2 rings (SSSR count). The summed E-state index contributed by atoms with van der Waals surface area (Å²) in [7, 11) is 1.08. The van der Waals surface area contributed by atoms with E-state index >= 15 is 0 Å². The molecule has 0 atom stereocenters. The number of nitrogens with one attached hydrogen (secondary N) is 2. The van der Waals surface area contributed by atoms with Gasteiger partial charge in [-0.15, -0.1) is 0 Å². The molecule has 10 heteroatoms. The summed E-state index contributed by atoms with van der Waals surface area (Å²) in [6, 6.07) is 8.02. The Morgan fingerprint density at radius 3 is 2.27 bits per heavy atom. The van der Waals surface area contributed by atoms with E-state index in [0.717, 1.165) is 31.4 Å². The van der Waals surface area contributed by atoms with Crippen LogP contribution < -0.4 is 10.9 Å². The van der Waals surface area contributed by atoms with Crippen LogP contribution in [0.3, 0.4) is 0 Å². The number of hydrogen-bond donors (Lipinski definition) is 2. The molecule has 0 saturated carbocycles. The molecule has 0 aliphatic carbocycles. The lowest BCUT2D eigenvalue weighted by molar-refractivity contribution is -0.384. The van der Waals surface area contributed by atoms with Gasteiger partial charge in [0, 0.05) is 17.7 Å². The van der Waals surface area contributed by atoms with Gasteiger partial charge in [0.2, 0.25) is 0 Å². The highest BCUT2D eigenvalue weighted by molar-refractivity contribution is 6.01. The van der Waals surface area contributed by atoms with E-state index in [9.17, 15) is 28.9 Å². The normalized spacial score (nSPS) is 9.92. The van der Waals surface area contributed by atoms with Crippen molar-refractivity contribution in [1.29, 1.82) is 0 Å². The molecule has 0 radical (unpaired) electrons. The van der Waals surface area contributed by atoms with Crippen LogP contribution in [0.1, 0.15) is 31.1 Å². The SMILES string of the molecule is COC(=O)c1cc(C(=O)NNC(=O)c2ccccc2F)cc([N+](=O)[O-])c1. The van der Waals surface area contributed by atoms with Gasteiger partial charge in [-0.2, -0.15) is 0 Å². The van der Waals surface area contributed by atoms with Gasteiger partial charge >= 0.3 is 5.97 Å². The first-order valence-corrected chi connectivity index (χ1v) is 7.06. The summed E-state index contributed by atoms with van der Waals surface area (Å²) in [4.78, 5) is 45.7. The van der Waals surface area contributed by atoms with Gasteiger partial charge in [0.25, 0.3) is 17.5 Å². The molecule has 0 aromatic heterocycles. The zero-order valence-corrected chi connectivity index (χ0v) is 13.3. The number of methoxy groups -OCH3 is 1. The number of nitro groups is 1. The summed E-state index contributed by atoms with van der Waals surface area (Å²) >= 11 is 0. The number of halogens is 1. The van der Waals surface area contributed by atoms with Gasteiger partial charge in [0.15, 0.2) is 0 Å². The summed E-state index contributed by atoms with van der Waals surface area (Å²) in [6.45, 7) is 0. The van der Waals surface area contributed by atoms with Crippen LogP contribution in [0.4, 0.5) is 10.1 Å². The highest BCUT2D eigenvalue weighted by atomic mass is 19.1. The molecule has 2 amide bonds. The van der Waals surface area contributed by atoms with Crippen LogP contribution >= 0.6 is 0 Å². The Kier molecular flexibility index (Phi) is 5.58. The molecule has 2 aromatic carbocycles. The van der Waals surface area contributed by atoms with E-state index in [2.05, 4.69) is 4.74 Å². The van der Waals surface area contributed by atoms with Crippen molar-refractivity contribution < 1.29 is 28.4 Å². The lowest BCUT2D eigenvalue weighted by Gasteiger charge is -2.09. The van der Waals surface area contributed by atoms with Crippen LogP contribution in [-0.2, 0) is 4.74 Å². The molecular formula is C16H12FN3O6. The Labute approximate surface area is 145 Å². The molecular weight excluding hydrogens is 349 g/mol. The molecule has 0 heterocycles. The number of benzene rings is 2. The fourth-order valence-corrected chi connectivity index (χ4v) is 1.98. The fraction of sp³-hybridized carbons (Fsp3) is 0.0625. The molecule has 0 unspecified atom stereocenters. The monoisotopic (exact) mass is 361 g/mol. The third-order valence-corrected chi connectivity index (χ3v) is 3.22. The molecule has 0 spiro atoms. The van der Waals surface area contributed by atoms with E-state index in [0.29, 0.717) is 0 Å². The first-order valence-electron chi connectivity index (χ1n) is 7.06. The number of nitrogens with zero attached hydrogens (tertiary/aromatic N) is 1. The van der Waals surface area contributed by atoms with Crippen LogP contribution in [-0.4, -0.2) is 29.8 Å². The van der Waals surface area contributed by atoms with Gasteiger partial charge in [-0.05, 0) is 18.2 Å². The lowest BCUT2D eigenvalue weighted by atomic mass is 10.1. The fourth-order valence-electron chi connectivity index (χ4n) is 1.98. The van der Waals surface area contributed by atoms with E-state index in [1.807, 2.05) is 10.9 Å². The highest BCUT2D eigenvalue weighted by Crippen LogP contribution is 2.18. The maximum Gasteiger partial charge on any atom is 0.338 e. The average Bonchev–Trinajstić information content (AvgIpc) is 2.65. The van der Waals surface area contributed by atoms with Crippen LogP contribution in [0.2, 0.25) is 0 Å². The molecule has 134 valence electrons. The second kappa shape index (κ2) is 7.83. The van der Waals surface area contributed by atoms with Crippen LogP contribution in [0.15, 0.2) is 42.5 Å². The van der Waals surface area contributed by atoms with Gasteiger partial charge in [-0.3, -0.25) is 30.6 Å². The minimum Gasteiger partial charge on any atom is -0.465 e. The quantitative estimate of drug-likeness (QED) is 0.484. The predicted molar refractivity (Wildman–Crippen MR) is 85.8 cm³/mol. The van der Waals surface area contributed by atoms with E-state index in [1.54, 1.807) is 0 Å². The number of rotatable bonds is 4. The van der Waals surface area contributed by atoms with E-state index < -0.39 is 34.2 Å². The van der Waals surface area contributed by atoms with Crippen molar-refractivity contribution in [3.05, 3.63) is 75.1 Å². The molecule has 26 heavy (non-hydrogen) atoms. The molecule has 2 aromatic rings. The van der Waals surface area contributed by atoms with Gasteiger partial charge in [-0.25, -0.2) is 9.18 Å². The molecule has 0 bridgehead atoms. The largest absolute Gasteiger partial charge is 0.465 e. The summed E-state index contributed by atoms with van der Waals surface area (Å²) in [6.07, 6.45) is 0. The van der Waals surface area contributed by atoms with Crippen LogP contribution in [0.5, 0.6) is 0 Å². The smallest absolute Gasteiger partial charge is 0.338 e. The minimum atomic E-state index is -0.941. The van der Waals surface area contributed by atoms with E-state index in [4.69, 9.17) is 0 Å². The Morgan fingerprint density at radius 1 is 1.04 bits per heavy atom. The number of carbonyl (C=O) groups excluding carboxylic acids is 3. The summed E-state index contributed by atoms with van der Waals surface area (Å²) < 4.78 is 18.0. The Balaban J connectivity index is 2.20. The van der Waals surface area contributed by atoms with E-state index in [-0.39, 0.29) is 16.7 Å². The zero-order valence-electron chi connectivity index (χ0n) is 13.3. The number of ether oxygens (including phenoxy) is 1. The van der Waals surface area contributed by atoms with Crippen LogP contribution in [0.25, 0.3) is 0 Å². The van der Waals surface area contributed by atoms with E-state index in [1.165, 1.54) is 18.2 Å². The van der Waals surface area contributed by atoms with Crippen molar-refractivity contribution in [3.8, 4) is 0 Å². The lowest BCUT2D eigenvalue weighted by Crippen LogP contribution is -2.42. The standard InChI is InChI=1S/C16H12FN3O6/c1-26-16(23)10-6-9(7-11(8-10)20(24)25)14(21)18-19-15(22)12-4-2-3-5-13(12)17/h2-8H,1H3,(H,18,21)(H,19,22). The molecule has 0 saturated heterocycles. The molecule has 0 aliphatic rings. The second-order valence-electron chi connectivity index (χ2n) is 4.91. The third-order valence-electron chi connectivity index (χ3n) is 3.22. The number of esters is 1. The molecule has 0 fully saturated rings. The number of hydrazine groups is 1. The van der Waals surface area contributed by atoms with Crippen molar-refractivity contribution in [3.63, 3.8) is 0 Å². The average molecular weight is 361 g/mol. The number of carbonyl (C=O) groups is 3. The third kappa shape index (κ3) is 4.17. The van der Waals surface area contributed by atoms with Crippen molar-refractivity contribution >= 4 is 23.5 Å². The number of hydrogen-bond acceptors (Lipinski definition) is 6. The summed E-state index contributed by atoms with van der Waals surface area (Å²) in [5, 5.41) is 10.9. The van der Waals surface area contributed by atoms with Crippen molar-refractivity contribution in [2.75, 3.05) is 7.11 Å². The Bertz CT molecular complexity index is 899. The van der Waals surface area contributed by atoms with Crippen molar-refractivity contribution in [2.24, 2.45) is 0 Å². The first kappa shape index (κ1) is 18.5. The molecule has 2 N–H and O–H groups in total. The minimum absolute atomic E-state index is 0.215. The molecule has 9 nitrogen and oxygen atoms in total. The van der Waals surface area contributed by atoms with Crippen LogP contribution in [0, 0.1) is 15.9 Å². The Morgan fingerprint density at radius 2 is 1.65 bits per heavy atom. The summed E-state index contributed by atoms with van der Waals surface area (Å²) in [5.74, 6) is -3.53. The summed E-state index contributed by atoms with van der Waals surface area (Å²) in [5.41, 5.74) is 2.68. The number of non-ortho nitro benzene ring substituents is 1. The van der Waals surface area contributed by atoms with Gasteiger partial charge < -0.3 is 4.74 Å². The number of nitro benzene ring substituents is 1. The van der Waals surface area contributed by atoms with Gasteiger partial charge in [-0.1, -0.05) is 12.1 Å². The zero-order chi connectivity index (χ0) is 19.3. The van der Waals surface area contributed by atoms with Gasteiger partial charge in [0.05, 0.1) is 23.2 Å². The Hall–Kier alpha value is -3.82. The molecule has 0 aliphatic heterocycles. The number of amides is 2. The predicted octanol–water partition coefficient (Wildman–Crippen LogP) is 1.60. The topological polar surface area (TPSA) is 128 Å². The van der Waals surface area contributed by atoms with Crippen molar-refractivity contribution in [1.82, 2.24) is 10.9 Å². The van der Waals surface area contributed by atoms with Crippen molar-refractivity contribution in [2.45, 2.75) is 0 Å². The highest BCUT2D eigenvalue weighted by Gasteiger charge is 2.19. The van der Waals surface area contributed by atoms with Gasteiger partial charge in [0.1, 0.15) is 5.82 Å². The maximum atomic E-state index is 13.5. The second-order valence-corrected chi connectivity index (χ2v) is 4.91.